The smallest absolute Gasteiger partial charge is 0.146 e. The van der Waals surface area contributed by atoms with Crippen molar-refractivity contribution in [1.82, 2.24) is 4.98 Å². The van der Waals surface area contributed by atoms with Crippen molar-refractivity contribution in [2.45, 2.75) is 27.7 Å². The lowest BCUT2D eigenvalue weighted by atomic mass is 9.82. The second-order valence-electron chi connectivity index (χ2n) is 5.08. The molecule has 1 aromatic rings. The van der Waals surface area contributed by atoms with E-state index in [-0.39, 0.29) is 0 Å². The third-order valence-corrected chi connectivity index (χ3v) is 2.92. The lowest BCUT2D eigenvalue weighted by Gasteiger charge is -2.27. The molecule has 0 radical (unpaired) electrons. The molecule has 0 aliphatic heterocycles. The molecule has 0 spiro atoms. The van der Waals surface area contributed by atoms with Crippen LogP contribution >= 0.6 is 0 Å². The van der Waals surface area contributed by atoms with Gasteiger partial charge in [-0.05, 0) is 23.5 Å². The fraction of sp³-hybridized carbons (Fsp3) is 0.583. The van der Waals surface area contributed by atoms with Gasteiger partial charge in [0.25, 0.3) is 0 Å². The second kappa shape index (κ2) is 4.51. The number of nitrogens with two attached hydrogens (primary N) is 1. The summed E-state index contributed by atoms with van der Waals surface area (Å²) >= 11 is 0. The lowest BCUT2D eigenvalue weighted by Crippen LogP contribution is -2.25. The van der Waals surface area contributed by atoms with Crippen LogP contribution in [-0.2, 0) is 0 Å². The van der Waals surface area contributed by atoms with E-state index in [1.165, 1.54) is 0 Å². The predicted octanol–water partition coefficient (Wildman–Crippen LogP) is 2.76. The predicted molar refractivity (Wildman–Crippen MR) is 65.8 cm³/mol. The minimum Gasteiger partial charge on any atom is -0.382 e. The monoisotopic (exact) mass is 207 g/mol. The third-order valence-electron chi connectivity index (χ3n) is 2.92. The van der Waals surface area contributed by atoms with Crippen molar-refractivity contribution < 1.29 is 0 Å². The van der Waals surface area contributed by atoms with Gasteiger partial charge in [-0.3, -0.25) is 0 Å². The molecular formula is C12H21N3. The molecule has 1 atom stereocenters. The summed E-state index contributed by atoms with van der Waals surface area (Å²) in [5, 5.41) is 3.33. The number of nitrogens with zero attached hydrogens (tertiary/aromatic N) is 1. The van der Waals surface area contributed by atoms with Crippen LogP contribution in [0.1, 0.15) is 27.7 Å². The lowest BCUT2D eigenvalue weighted by molar-refractivity contribution is 0.274. The highest BCUT2D eigenvalue weighted by Gasteiger charge is 2.19. The van der Waals surface area contributed by atoms with E-state index in [0.29, 0.717) is 17.2 Å². The van der Waals surface area contributed by atoms with Crippen LogP contribution in [-0.4, -0.2) is 11.5 Å². The van der Waals surface area contributed by atoms with Crippen LogP contribution in [0.15, 0.2) is 18.3 Å². The fourth-order valence-electron chi connectivity index (χ4n) is 1.14. The summed E-state index contributed by atoms with van der Waals surface area (Å²) in [7, 11) is 0. The highest BCUT2D eigenvalue weighted by Crippen LogP contribution is 2.26. The van der Waals surface area contributed by atoms with Crippen molar-refractivity contribution in [2.24, 2.45) is 11.3 Å². The molecule has 0 saturated heterocycles. The first-order valence-electron chi connectivity index (χ1n) is 5.35. The number of anilines is 2. The minimum absolute atomic E-state index is 0.309. The minimum atomic E-state index is 0.309. The standard InChI is InChI=1S/C12H21N3/c1-9(12(2,3)4)8-15-10-6-5-7-14-11(10)13/h5-7,9,15H,8H2,1-4H3,(H2,13,14). The van der Waals surface area contributed by atoms with Crippen LogP contribution in [0.2, 0.25) is 0 Å². The SMILES string of the molecule is CC(CNc1cccnc1N)C(C)(C)C. The van der Waals surface area contributed by atoms with Gasteiger partial charge in [-0.2, -0.15) is 0 Å². The van der Waals surface area contributed by atoms with Crippen LogP contribution < -0.4 is 11.1 Å². The summed E-state index contributed by atoms with van der Waals surface area (Å²) in [5.41, 5.74) is 6.98. The van der Waals surface area contributed by atoms with Crippen LogP contribution in [0.25, 0.3) is 0 Å². The zero-order chi connectivity index (χ0) is 11.5. The van der Waals surface area contributed by atoms with Gasteiger partial charge < -0.3 is 11.1 Å². The van der Waals surface area contributed by atoms with Crippen LogP contribution in [0.4, 0.5) is 11.5 Å². The van der Waals surface area contributed by atoms with Crippen molar-refractivity contribution in [3.8, 4) is 0 Å². The molecule has 1 unspecified atom stereocenters. The van der Waals surface area contributed by atoms with E-state index >= 15 is 0 Å². The molecule has 3 nitrogen and oxygen atoms in total. The highest BCUT2D eigenvalue weighted by molar-refractivity contribution is 5.60. The second-order valence-corrected chi connectivity index (χ2v) is 5.08. The molecule has 0 aliphatic rings. The van der Waals surface area contributed by atoms with E-state index < -0.39 is 0 Å². The Hall–Kier alpha value is -1.25. The molecule has 0 bridgehead atoms. The summed E-state index contributed by atoms with van der Waals surface area (Å²) in [4.78, 5) is 4.03. The van der Waals surface area contributed by atoms with Gasteiger partial charge in [0.1, 0.15) is 5.82 Å². The molecule has 0 saturated carbocycles. The van der Waals surface area contributed by atoms with E-state index in [2.05, 4.69) is 38.0 Å². The molecule has 1 heterocycles. The first-order chi connectivity index (χ1) is 6.91. The zero-order valence-corrected chi connectivity index (χ0v) is 10.0. The van der Waals surface area contributed by atoms with Gasteiger partial charge in [0.15, 0.2) is 0 Å². The van der Waals surface area contributed by atoms with Crippen molar-refractivity contribution in [1.29, 1.82) is 0 Å². The number of pyridine rings is 1. The molecule has 0 amide bonds. The Morgan fingerprint density at radius 3 is 2.67 bits per heavy atom. The maximum Gasteiger partial charge on any atom is 0.146 e. The first kappa shape index (κ1) is 11.8. The Bertz CT molecular complexity index is 315. The van der Waals surface area contributed by atoms with Gasteiger partial charge in [0.2, 0.25) is 0 Å². The Labute approximate surface area is 92.1 Å². The van der Waals surface area contributed by atoms with Gasteiger partial charge in [-0.15, -0.1) is 0 Å². The summed E-state index contributed by atoms with van der Waals surface area (Å²) in [6, 6.07) is 3.85. The van der Waals surface area contributed by atoms with Crippen molar-refractivity contribution >= 4 is 11.5 Å². The number of rotatable bonds is 3. The molecule has 3 N–H and O–H groups in total. The Morgan fingerprint density at radius 1 is 1.47 bits per heavy atom. The molecule has 0 aliphatic carbocycles. The number of nitrogen functional groups attached to an aromatic ring is 1. The summed E-state index contributed by atoms with van der Waals surface area (Å²) in [6.07, 6.45) is 1.70. The Kier molecular flexibility index (Phi) is 3.56. The zero-order valence-electron chi connectivity index (χ0n) is 10.0. The van der Waals surface area contributed by atoms with Crippen LogP contribution in [0, 0.1) is 11.3 Å². The van der Waals surface area contributed by atoms with E-state index in [9.17, 15) is 0 Å². The summed E-state index contributed by atoms with van der Waals surface area (Å²) in [6.45, 7) is 9.88. The van der Waals surface area contributed by atoms with Gasteiger partial charge in [0.05, 0.1) is 5.69 Å². The van der Waals surface area contributed by atoms with Crippen molar-refractivity contribution in [2.75, 3.05) is 17.6 Å². The average Bonchev–Trinajstić information content (AvgIpc) is 2.14. The quantitative estimate of drug-likeness (QED) is 0.801. The van der Waals surface area contributed by atoms with E-state index in [1.807, 2.05) is 12.1 Å². The van der Waals surface area contributed by atoms with Gasteiger partial charge in [-0.25, -0.2) is 4.98 Å². The molecule has 84 valence electrons. The van der Waals surface area contributed by atoms with Gasteiger partial charge in [0, 0.05) is 12.7 Å². The first-order valence-corrected chi connectivity index (χ1v) is 5.35. The summed E-state index contributed by atoms with van der Waals surface area (Å²) in [5.74, 6) is 1.15. The average molecular weight is 207 g/mol. The van der Waals surface area contributed by atoms with E-state index in [1.54, 1.807) is 6.20 Å². The molecule has 1 aromatic heterocycles. The Balaban J connectivity index is 2.55. The van der Waals surface area contributed by atoms with Crippen molar-refractivity contribution in [3.63, 3.8) is 0 Å². The van der Waals surface area contributed by atoms with Gasteiger partial charge >= 0.3 is 0 Å². The number of nitrogens with one attached hydrogen (secondary N) is 1. The maximum absolute atomic E-state index is 5.74. The molecule has 15 heavy (non-hydrogen) atoms. The third kappa shape index (κ3) is 3.42. The molecule has 1 rings (SSSR count). The molecule has 3 heteroatoms. The number of hydrogen-bond acceptors (Lipinski definition) is 3. The number of aromatic nitrogens is 1. The fourth-order valence-corrected chi connectivity index (χ4v) is 1.14. The molecule has 0 aromatic carbocycles. The van der Waals surface area contributed by atoms with E-state index in [4.69, 9.17) is 5.73 Å². The van der Waals surface area contributed by atoms with Crippen LogP contribution in [0.5, 0.6) is 0 Å². The Morgan fingerprint density at radius 2 is 2.13 bits per heavy atom. The van der Waals surface area contributed by atoms with Crippen LogP contribution in [0.3, 0.4) is 0 Å². The largest absolute Gasteiger partial charge is 0.382 e. The molecular weight excluding hydrogens is 186 g/mol. The normalized spacial score (nSPS) is 13.6. The van der Waals surface area contributed by atoms with E-state index in [0.717, 1.165) is 12.2 Å². The topological polar surface area (TPSA) is 50.9 Å². The van der Waals surface area contributed by atoms with Crippen molar-refractivity contribution in [3.05, 3.63) is 18.3 Å². The molecule has 0 fully saturated rings. The van der Waals surface area contributed by atoms with Gasteiger partial charge in [-0.1, -0.05) is 27.7 Å². The maximum atomic E-state index is 5.74. The summed E-state index contributed by atoms with van der Waals surface area (Å²) < 4.78 is 0. The highest BCUT2D eigenvalue weighted by atomic mass is 14.9. The number of hydrogen-bond donors (Lipinski definition) is 2.